The summed E-state index contributed by atoms with van der Waals surface area (Å²) in [5.74, 6) is 0.238. The number of aryl methyl sites for hydroxylation is 1. The Hall–Kier alpha value is -3.19. The Morgan fingerprint density at radius 1 is 1.16 bits per heavy atom. The highest BCUT2D eigenvalue weighted by Crippen LogP contribution is 2.40. The monoisotopic (exact) mass is 434 g/mol. The van der Waals surface area contributed by atoms with Gasteiger partial charge in [0, 0.05) is 25.0 Å². The number of halogens is 1. The normalized spacial score (nSPS) is 19.0. The molecule has 2 N–H and O–H groups in total. The molecule has 0 aliphatic carbocycles. The number of carbonyl (C=O) groups is 1. The molecule has 0 saturated carbocycles. The van der Waals surface area contributed by atoms with E-state index in [-0.39, 0.29) is 11.9 Å². The predicted molar refractivity (Wildman–Crippen MR) is 124 cm³/mol. The number of fused-ring (bicyclic) bond motifs is 1. The van der Waals surface area contributed by atoms with Gasteiger partial charge in [0.05, 0.1) is 30.5 Å². The fraction of sp³-hybridized carbons (Fsp3) is 0.360. The van der Waals surface area contributed by atoms with Crippen LogP contribution < -0.4 is 10.6 Å². The summed E-state index contributed by atoms with van der Waals surface area (Å²) in [6.45, 7) is 5.53. The number of nitrogens with two attached hydrogens (primary N) is 1. The molecule has 1 unspecified atom stereocenters. The lowest BCUT2D eigenvalue weighted by atomic mass is 9.89. The topological polar surface area (TPSA) is 71.7 Å². The lowest BCUT2D eigenvalue weighted by molar-refractivity contribution is -0.118. The molecular weight excluding hydrogens is 407 g/mol. The van der Waals surface area contributed by atoms with Gasteiger partial charge in [0.2, 0.25) is 6.41 Å². The van der Waals surface area contributed by atoms with E-state index in [0.717, 1.165) is 71.2 Å². The number of nitrogens with zero attached hydrogens (tertiary/aromatic N) is 3. The highest BCUT2D eigenvalue weighted by atomic mass is 19.1. The van der Waals surface area contributed by atoms with Crippen molar-refractivity contribution in [3.05, 3.63) is 53.3 Å². The minimum Gasteiger partial charge on any atom is -0.382 e. The number of ether oxygens (including phenoxy) is 1. The van der Waals surface area contributed by atoms with Gasteiger partial charge in [0.25, 0.3) is 0 Å². The Morgan fingerprint density at radius 3 is 2.75 bits per heavy atom. The molecule has 2 aliphatic rings. The van der Waals surface area contributed by atoms with E-state index in [1.165, 1.54) is 0 Å². The van der Waals surface area contributed by atoms with E-state index in [2.05, 4.69) is 22.0 Å². The molecular formula is C25H27FN4O2. The van der Waals surface area contributed by atoms with Gasteiger partial charge in [-0.1, -0.05) is 6.07 Å². The van der Waals surface area contributed by atoms with Crippen LogP contribution in [0, 0.1) is 12.7 Å². The Bertz CT molecular complexity index is 1180. The van der Waals surface area contributed by atoms with Crippen molar-refractivity contribution in [1.29, 1.82) is 0 Å². The summed E-state index contributed by atoms with van der Waals surface area (Å²) in [6, 6.07) is 11.2. The van der Waals surface area contributed by atoms with Gasteiger partial charge >= 0.3 is 0 Å². The fourth-order valence-electron chi connectivity index (χ4n) is 5.07. The highest BCUT2D eigenvalue weighted by molar-refractivity contribution is 5.91. The summed E-state index contributed by atoms with van der Waals surface area (Å²) in [6.07, 6.45) is 2.63. The second-order valence-electron chi connectivity index (χ2n) is 8.59. The zero-order valence-corrected chi connectivity index (χ0v) is 18.2. The number of amides is 1. The number of pyridine rings is 1. The summed E-state index contributed by atoms with van der Waals surface area (Å²) in [5.41, 5.74) is 11.7. The number of hydrogen-bond acceptors (Lipinski definition) is 5. The van der Waals surface area contributed by atoms with Gasteiger partial charge in [0.1, 0.15) is 11.6 Å². The average molecular weight is 435 g/mol. The van der Waals surface area contributed by atoms with Crippen molar-refractivity contribution in [3.63, 3.8) is 0 Å². The second-order valence-corrected chi connectivity index (χ2v) is 8.59. The van der Waals surface area contributed by atoms with Crippen LogP contribution in [0.25, 0.3) is 22.0 Å². The van der Waals surface area contributed by atoms with Crippen molar-refractivity contribution < 1.29 is 13.9 Å². The van der Waals surface area contributed by atoms with Crippen molar-refractivity contribution in [1.82, 2.24) is 9.88 Å². The number of morpholine rings is 1. The van der Waals surface area contributed by atoms with Gasteiger partial charge < -0.3 is 20.3 Å². The highest BCUT2D eigenvalue weighted by Gasteiger charge is 2.28. The first kappa shape index (κ1) is 20.7. The van der Waals surface area contributed by atoms with Crippen molar-refractivity contribution >= 4 is 28.8 Å². The molecule has 0 bridgehead atoms. The van der Waals surface area contributed by atoms with Crippen molar-refractivity contribution in [2.24, 2.45) is 0 Å². The zero-order chi connectivity index (χ0) is 22.2. The number of hydrogen-bond donors (Lipinski definition) is 1. The van der Waals surface area contributed by atoms with E-state index in [1.807, 2.05) is 19.1 Å². The molecule has 3 aromatic rings. The number of rotatable bonds is 4. The molecule has 1 aromatic heterocycles. The van der Waals surface area contributed by atoms with Crippen LogP contribution in [0.4, 0.5) is 15.9 Å². The summed E-state index contributed by atoms with van der Waals surface area (Å²) >= 11 is 0. The summed E-state index contributed by atoms with van der Waals surface area (Å²) in [4.78, 5) is 20.2. The molecule has 0 spiro atoms. The van der Waals surface area contributed by atoms with E-state index in [9.17, 15) is 9.18 Å². The molecule has 1 atom stereocenters. The third kappa shape index (κ3) is 3.66. The third-order valence-corrected chi connectivity index (χ3v) is 6.58. The maximum Gasteiger partial charge on any atom is 0.210 e. The minimum absolute atomic E-state index is 0.110. The molecule has 3 heterocycles. The first-order valence-electron chi connectivity index (χ1n) is 11.1. The van der Waals surface area contributed by atoms with E-state index < -0.39 is 0 Å². The number of aromatic nitrogens is 1. The van der Waals surface area contributed by atoms with Gasteiger partial charge in [-0.3, -0.25) is 4.79 Å². The lowest BCUT2D eigenvalue weighted by Crippen LogP contribution is -2.36. The van der Waals surface area contributed by atoms with E-state index in [1.54, 1.807) is 17.0 Å². The van der Waals surface area contributed by atoms with Crippen LogP contribution in [0.1, 0.15) is 30.0 Å². The van der Waals surface area contributed by atoms with Gasteiger partial charge in [0.15, 0.2) is 0 Å². The summed E-state index contributed by atoms with van der Waals surface area (Å²) < 4.78 is 19.9. The maximum atomic E-state index is 14.4. The summed E-state index contributed by atoms with van der Waals surface area (Å²) in [7, 11) is 0. The fourth-order valence-corrected chi connectivity index (χ4v) is 5.07. The number of carbonyl (C=O) groups excluding carboxylic acids is 1. The minimum atomic E-state index is -0.274. The molecule has 0 radical (unpaired) electrons. The SMILES string of the molecule is Cc1cc(F)cc(C2CCCN2C=O)c1-c1ccc2nc(N)c(N3CCOCC3)cc2c1. The molecule has 2 aliphatic heterocycles. The van der Waals surface area contributed by atoms with Gasteiger partial charge in [-0.05, 0) is 72.4 Å². The van der Waals surface area contributed by atoms with Crippen LogP contribution in [0.5, 0.6) is 0 Å². The maximum absolute atomic E-state index is 14.4. The van der Waals surface area contributed by atoms with Crippen LogP contribution in [0.3, 0.4) is 0 Å². The van der Waals surface area contributed by atoms with Crippen LogP contribution >= 0.6 is 0 Å². The molecule has 6 nitrogen and oxygen atoms in total. The smallest absolute Gasteiger partial charge is 0.210 e. The average Bonchev–Trinajstić information content (AvgIpc) is 3.27. The van der Waals surface area contributed by atoms with Crippen LogP contribution in [-0.2, 0) is 9.53 Å². The van der Waals surface area contributed by atoms with Crippen molar-refractivity contribution in [2.75, 3.05) is 43.5 Å². The Kier molecular flexibility index (Phi) is 5.43. The quantitative estimate of drug-likeness (QED) is 0.627. The molecule has 166 valence electrons. The third-order valence-electron chi connectivity index (χ3n) is 6.58. The standard InChI is InChI=1S/C25H27FN4O2/c1-16-11-19(26)14-20(22-3-2-6-30(22)15-31)24(16)17-4-5-21-18(12-17)13-23(25(27)28-21)29-7-9-32-10-8-29/h4-5,11-15,22H,2-3,6-10H2,1H3,(H2,27,28). The molecule has 32 heavy (non-hydrogen) atoms. The van der Waals surface area contributed by atoms with Crippen LogP contribution in [0.2, 0.25) is 0 Å². The number of anilines is 2. The molecule has 5 rings (SSSR count). The molecule has 1 amide bonds. The largest absolute Gasteiger partial charge is 0.382 e. The second kappa shape index (κ2) is 8.39. The summed E-state index contributed by atoms with van der Waals surface area (Å²) in [5, 5.41) is 0.978. The van der Waals surface area contributed by atoms with Crippen molar-refractivity contribution in [2.45, 2.75) is 25.8 Å². The van der Waals surface area contributed by atoms with Gasteiger partial charge in [-0.25, -0.2) is 9.37 Å². The zero-order valence-electron chi connectivity index (χ0n) is 18.2. The van der Waals surface area contributed by atoms with E-state index in [0.29, 0.717) is 25.6 Å². The van der Waals surface area contributed by atoms with Crippen LogP contribution in [-0.4, -0.2) is 49.1 Å². The van der Waals surface area contributed by atoms with E-state index in [4.69, 9.17) is 10.5 Å². The molecule has 7 heteroatoms. The van der Waals surface area contributed by atoms with Gasteiger partial charge in [-0.15, -0.1) is 0 Å². The lowest BCUT2D eigenvalue weighted by Gasteiger charge is -2.29. The number of likely N-dealkylation sites (tertiary alicyclic amines) is 1. The molecule has 2 aromatic carbocycles. The number of benzene rings is 2. The Balaban J connectivity index is 1.63. The first-order valence-corrected chi connectivity index (χ1v) is 11.1. The van der Waals surface area contributed by atoms with E-state index >= 15 is 0 Å². The molecule has 2 saturated heterocycles. The molecule has 2 fully saturated rings. The van der Waals surface area contributed by atoms with Crippen molar-refractivity contribution in [3.8, 4) is 11.1 Å². The van der Waals surface area contributed by atoms with Crippen LogP contribution in [0.15, 0.2) is 36.4 Å². The first-order chi connectivity index (χ1) is 15.5. The Labute approximate surface area is 186 Å². The Morgan fingerprint density at radius 2 is 1.97 bits per heavy atom. The van der Waals surface area contributed by atoms with Gasteiger partial charge in [-0.2, -0.15) is 0 Å². The number of nitrogen functional groups attached to an aromatic ring is 1. The predicted octanol–water partition coefficient (Wildman–Crippen LogP) is 4.06.